The summed E-state index contributed by atoms with van der Waals surface area (Å²) in [6.07, 6.45) is -2.45. The number of aliphatic hydroxyl groups is 1. The molecule has 0 radical (unpaired) electrons. The van der Waals surface area contributed by atoms with Gasteiger partial charge in [0.15, 0.2) is 0 Å². The van der Waals surface area contributed by atoms with E-state index in [2.05, 4.69) is 0 Å². The van der Waals surface area contributed by atoms with Gasteiger partial charge < -0.3 is 19.3 Å². The average molecular weight is 414 g/mol. The zero-order chi connectivity index (χ0) is 22.1. The molecule has 0 bridgehead atoms. The van der Waals surface area contributed by atoms with Gasteiger partial charge in [-0.1, -0.05) is 48.5 Å². The third-order valence-corrected chi connectivity index (χ3v) is 4.11. The van der Waals surface area contributed by atoms with Crippen LogP contribution in [0.25, 0.3) is 0 Å². The minimum absolute atomic E-state index is 0.00286. The van der Waals surface area contributed by atoms with Crippen molar-refractivity contribution in [3.05, 3.63) is 71.8 Å². The van der Waals surface area contributed by atoms with Gasteiger partial charge in [0.25, 0.3) is 0 Å². The second kappa shape index (κ2) is 10.3. The van der Waals surface area contributed by atoms with Crippen molar-refractivity contribution in [2.75, 3.05) is 13.2 Å². The van der Waals surface area contributed by atoms with Crippen molar-refractivity contribution in [2.45, 2.75) is 25.6 Å². The van der Waals surface area contributed by atoms with Crippen molar-refractivity contribution in [3.63, 3.8) is 0 Å². The van der Waals surface area contributed by atoms with E-state index >= 15 is 0 Å². The number of hydrogen-bond acceptors (Lipinski definition) is 8. The van der Waals surface area contributed by atoms with Crippen molar-refractivity contribution in [1.29, 1.82) is 0 Å². The number of esters is 3. The molecule has 2 aromatic carbocycles. The van der Waals surface area contributed by atoms with Crippen molar-refractivity contribution >= 4 is 23.7 Å². The molecule has 8 heteroatoms. The SMILES string of the molecule is CCOC(=O)C(O)C(OC(=O)c1ccccc1)(C(=O)OCC)C(=O)c1ccccc1. The number of aliphatic hydroxyl groups excluding tert-OH is 1. The Morgan fingerprint density at radius 1 is 0.833 bits per heavy atom. The van der Waals surface area contributed by atoms with Gasteiger partial charge in [-0.3, -0.25) is 4.79 Å². The fourth-order valence-corrected chi connectivity index (χ4v) is 2.68. The lowest BCUT2D eigenvalue weighted by Crippen LogP contribution is -2.62. The van der Waals surface area contributed by atoms with Crippen molar-refractivity contribution in [1.82, 2.24) is 0 Å². The number of rotatable bonds is 9. The number of Topliss-reactive ketones (excluding diaryl/α,β-unsaturated/α-hetero) is 1. The fourth-order valence-electron chi connectivity index (χ4n) is 2.68. The number of ketones is 1. The molecule has 0 aliphatic heterocycles. The average Bonchev–Trinajstić information content (AvgIpc) is 2.77. The predicted octanol–water partition coefficient (Wildman–Crippen LogP) is 1.95. The van der Waals surface area contributed by atoms with E-state index in [1.54, 1.807) is 24.3 Å². The summed E-state index contributed by atoms with van der Waals surface area (Å²) >= 11 is 0. The maximum atomic E-state index is 13.4. The van der Waals surface area contributed by atoms with Gasteiger partial charge in [0.05, 0.1) is 18.8 Å². The minimum atomic E-state index is -2.99. The Morgan fingerprint density at radius 3 is 1.83 bits per heavy atom. The molecule has 0 fully saturated rings. The van der Waals surface area contributed by atoms with Gasteiger partial charge in [0, 0.05) is 5.56 Å². The molecular formula is C22H22O8. The first-order valence-electron chi connectivity index (χ1n) is 9.28. The van der Waals surface area contributed by atoms with Gasteiger partial charge in [0.1, 0.15) is 0 Å². The van der Waals surface area contributed by atoms with Gasteiger partial charge in [-0.2, -0.15) is 0 Å². The zero-order valence-corrected chi connectivity index (χ0v) is 16.6. The van der Waals surface area contributed by atoms with E-state index in [-0.39, 0.29) is 24.3 Å². The van der Waals surface area contributed by atoms with Crippen LogP contribution < -0.4 is 0 Å². The molecule has 2 unspecified atom stereocenters. The molecule has 0 saturated carbocycles. The van der Waals surface area contributed by atoms with Crippen LogP contribution in [-0.2, 0) is 23.8 Å². The summed E-state index contributed by atoms with van der Waals surface area (Å²) in [5.41, 5.74) is -3.06. The second-order valence-electron chi connectivity index (χ2n) is 6.06. The second-order valence-corrected chi connectivity index (χ2v) is 6.06. The number of carbonyl (C=O) groups is 4. The van der Waals surface area contributed by atoms with Crippen LogP contribution >= 0.6 is 0 Å². The lowest BCUT2D eigenvalue weighted by atomic mass is 9.86. The first-order chi connectivity index (χ1) is 14.4. The van der Waals surface area contributed by atoms with Crippen LogP contribution in [0.2, 0.25) is 0 Å². The molecule has 0 aromatic heterocycles. The number of benzene rings is 2. The molecule has 158 valence electrons. The van der Waals surface area contributed by atoms with Gasteiger partial charge >= 0.3 is 23.5 Å². The molecule has 0 heterocycles. The monoisotopic (exact) mass is 414 g/mol. The highest BCUT2D eigenvalue weighted by atomic mass is 16.6. The van der Waals surface area contributed by atoms with Crippen LogP contribution in [0.15, 0.2) is 60.7 Å². The maximum Gasteiger partial charge on any atom is 0.362 e. The van der Waals surface area contributed by atoms with Crippen LogP contribution in [0, 0.1) is 0 Å². The molecule has 0 amide bonds. The summed E-state index contributed by atoms with van der Waals surface area (Å²) in [4.78, 5) is 51.3. The quantitative estimate of drug-likeness (QED) is 0.286. The molecule has 0 aliphatic carbocycles. The number of hydrogen-bond donors (Lipinski definition) is 1. The summed E-state index contributed by atoms with van der Waals surface area (Å²) < 4.78 is 15.0. The van der Waals surface area contributed by atoms with Crippen LogP contribution in [0.4, 0.5) is 0 Å². The molecule has 2 atom stereocenters. The fraction of sp³-hybridized carbons (Fsp3) is 0.273. The smallest absolute Gasteiger partial charge is 0.362 e. The molecule has 0 saturated heterocycles. The van der Waals surface area contributed by atoms with E-state index in [0.29, 0.717) is 0 Å². The lowest BCUT2D eigenvalue weighted by molar-refractivity contribution is -0.182. The van der Waals surface area contributed by atoms with Crippen LogP contribution in [0.3, 0.4) is 0 Å². The molecule has 2 aromatic rings. The Balaban J connectivity index is 2.64. The normalized spacial score (nSPS) is 13.4. The third-order valence-electron chi connectivity index (χ3n) is 4.11. The highest BCUT2D eigenvalue weighted by molar-refractivity contribution is 6.19. The van der Waals surface area contributed by atoms with E-state index in [9.17, 15) is 24.3 Å². The Bertz CT molecular complexity index is 894. The largest absolute Gasteiger partial charge is 0.464 e. The molecule has 2 rings (SSSR count). The third kappa shape index (κ3) is 4.72. The van der Waals surface area contributed by atoms with Gasteiger partial charge in [-0.05, 0) is 26.0 Å². The first-order valence-corrected chi connectivity index (χ1v) is 9.28. The van der Waals surface area contributed by atoms with Crippen molar-refractivity contribution in [2.24, 2.45) is 0 Å². The van der Waals surface area contributed by atoms with Gasteiger partial charge in [-0.15, -0.1) is 0 Å². The van der Waals surface area contributed by atoms with Crippen LogP contribution in [0.5, 0.6) is 0 Å². The molecule has 8 nitrogen and oxygen atoms in total. The van der Waals surface area contributed by atoms with E-state index in [4.69, 9.17) is 14.2 Å². The Labute approximate surface area is 173 Å². The van der Waals surface area contributed by atoms with Crippen molar-refractivity contribution < 1.29 is 38.5 Å². The molecule has 1 N–H and O–H groups in total. The molecule has 0 spiro atoms. The van der Waals surface area contributed by atoms with E-state index < -0.39 is 35.4 Å². The summed E-state index contributed by atoms with van der Waals surface area (Å²) in [6.45, 7) is 2.61. The molecular weight excluding hydrogens is 392 g/mol. The molecule has 30 heavy (non-hydrogen) atoms. The summed E-state index contributed by atoms with van der Waals surface area (Å²) in [7, 11) is 0. The predicted molar refractivity (Wildman–Crippen MR) is 105 cm³/mol. The topological polar surface area (TPSA) is 116 Å². The Hall–Kier alpha value is -3.52. The van der Waals surface area contributed by atoms with Crippen LogP contribution in [-0.4, -0.2) is 53.7 Å². The Kier molecular flexibility index (Phi) is 7.83. The summed E-state index contributed by atoms with van der Waals surface area (Å²) in [5.74, 6) is -4.91. The standard InChI is InChI=1S/C22H22O8/c1-3-28-20(26)18(24)22(21(27)29-4-2,17(23)15-11-7-5-8-12-15)30-19(25)16-13-9-6-10-14-16/h5-14,18,24H,3-4H2,1-2H3. The van der Waals surface area contributed by atoms with E-state index in [1.807, 2.05) is 0 Å². The highest BCUT2D eigenvalue weighted by Gasteiger charge is 2.61. The summed E-state index contributed by atoms with van der Waals surface area (Å²) in [6, 6.07) is 14.9. The zero-order valence-electron chi connectivity index (χ0n) is 16.6. The lowest BCUT2D eigenvalue weighted by Gasteiger charge is -2.32. The minimum Gasteiger partial charge on any atom is -0.464 e. The molecule has 0 aliphatic rings. The Morgan fingerprint density at radius 2 is 1.33 bits per heavy atom. The highest BCUT2D eigenvalue weighted by Crippen LogP contribution is 2.27. The van der Waals surface area contributed by atoms with Gasteiger partial charge in [-0.25, -0.2) is 14.4 Å². The van der Waals surface area contributed by atoms with Crippen LogP contribution in [0.1, 0.15) is 34.6 Å². The van der Waals surface area contributed by atoms with Gasteiger partial charge in [0.2, 0.25) is 11.9 Å². The summed E-state index contributed by atoms with van der Waals surface area (Å²) in [5, 5.41) is 10.7. The van der Waals surface area contributed by atoms with Crippen molar-refractivity contribution in [3.8, 4) is 0 Å². The maximum absolute atomic E-state index is 13.4. The van der Waals surface area contributed by atoms with E-state index in [0.717, 1.165) is 0 Å². The first kappa shape index (κ1) is 22.8. The van der Waals surface area contributed by atoms with E-state index in [1.165, 1.54) is 50.2 Å². The number of ether oxygens (including phenoxy) is 3. The number of carbonyl (C=O) groups excluding carboxylic acids is 4.